The summed E-state index contributed by atoms with van der Waals surface area (Å²) in [4.78, 5) is 12.6. The van der Waals surface area contributed by atoms with Crippen LogP contribution in [0.15, 0.2) is 35.2 Å². The number of nitrogens with zero attached hydrogens (tertiary/aromatic N) is 1. The Morgan fingerprint density at radius 2 is 2.54 bits per heavy atom. The van der Waals surface area contributed by atoms with E-state index in [-0.39, 0.29) is 5.70 Å². The van der Waals surface area contributed by atoms with E-state index in [0.717, 1.165) is 5.03 Å². The predicted octanol–water partition coefficient (Wildman–Crippen LogP) is 0.877. The summed E-state index contributed by atoms with van der Waals surface area (Å²) in [5.74, 6) is -0.908. The molecule has 0 aromatic carbocycles. The highest BCUT2D eigenvalue weighted by molar-refractivity contribution is 8.01. The molecule has 5 heteroatoms. The van der Waals surface area contributed by atoms with Crippen LogP contribution in [0, 0.1) is 0 Å². The third-order valence-corrected chi connectivity index (χ3v) is 2.60. The Hall–Kier alpha value is -1.36. The van der Waals surface area contributed by atoms with E-state index in [2.05, 4.69) is 4.72 Å². The van der Waals surface area contributed by atoms with E-state index in [0.29, 0.717) is 6.54 Å². The molecular formula is C8H8N2O2S. The van der Waals surface area contributed by atoms with Crippen LogP contribution in [-0.4, -0.2) is 22.5 Å². The monoisotopic (exact) mass is 196 g/mol. The molecule has 2 aliphatic heterocycles. The average molecular weight is 196 g/mol. The number of nitrogens with one attached hydrogen (secondary N) is 1. The van der Waals surface area contributed by atoms with Crippen molar-refractivity contribution < 1.29 is 9.90 Å². The van der Waals surface area contributed by atoms with E-state index in [1.54, 1.807) is 4.90 Å². The third-order valence-electron chi connectivity index (χ3n) is 1.80. The molecule has 0 saturated carbocycles. The van der Waals surface area contributed by atoms with Crippen molar-refractivity contribution in [1.29, 1.82) is 0 Å². The Morgan fingerprint density at radius 3 is 3.31 bits per heavy atom. The zero-order valence-corrected chi connectivity index (χ0v) is 7.54. The van der Waals surface area contributed by atoms with Gasteiger partial charge in [-0.15, -0.1) is 0 Å². The van der Waals surface area contributed by atoms with Crippen LogP contribution in [0.4, 0.5) is 0 Å². The van der Waals surface area contributed by atoms with Gasteiger partial charge in [0.15, 0.2) is 0 Å². The van der Waals surface area contributed by atoms with Crippen molar-refractivity contribution in [3.05, 3.63) is 35.2 Å². The average Bonchev–Trinajstić information content (AvgIpc) is 2.17. The first-order valence-corrected chi connectivity index (χ1v) is 4.61. The van der Waals surface area contributed by atoms with Crippen molar-refractivity contribution in [3.8, 4) is 0 Å². The van der Waals surface area contributed by atoms with Gasteiger partial charge in [-0.05, 0) is 6.08 Å². The van der Waals surface area contributed by atoms with Gasteiger partial charge < -0.3 is 14.7 Å². The maximum atomic E-state index is 10.8. The molecule has 2 aliphatic rings. The third kappa shape index (κ3) is 1.42. The molecule has 2 N–H and O–H groups in total. The van der Waals surface area contributed by atoms with Gasteiger partial charge in [-0.3, -0.25) is 0 Å². The minimum Gasteiger partial charge on any atom is -0.477 e. The smallest absolute Gasteiger partial charge is 0.354 e. The van der Waals surface area contributed by atoms with Crippen LogP contribution < -0.4 is 4.72 Å². The largest absolute Gasteiger partial charge is 0.477 e. The molecule has 0 aromatic rings. The standard InChI is InChI=1S/C8H8N2O2S/c11-8(12)6-5-9-13-7-3-1-2-4-10(6)7/h1-3,5,9H,4H2,(H,11,12). The van der Waals surface area contributed by atoms with E-state index < -0.39 is 5.97 Å². The highest BCUT2D eigenvalue weighted by atomic mass is 32.2. The number of carboxylic acids is 1. The van der Waals surface area contributed by atoms with E-state index in [1.807, 2.05) is 18.2 Å². The summed E-state index contributed by atoms with van der Waals surface area (Å²) in [6.07, 6.45) is 7.23. The van der Waals surface area contributed by atoms with Gasteiger partial charge in [0.25, 0.3) is 0 Å². The second-order valence-electron chi connectivity index (χ2n) is 2.60. The number of carboxylic acid groups (broad SMARTS) is 1. The van der Waals surface area contributed by atoms with Gasteiger partial charge in [0, 0.05) is 24.7 Å². The summed E-state index contributed by atoms with van der Waals surface area (Å²) < 4.78 is 2.85. The van der Waals surface area contributed by atoms with Gasteiger partial charge in [-0.1, -0.05) is 12.2 Å². The SMILES string of the molecule is O=C(O)C1=CNSC2=CC=CCN21. The van der Waals surface area contributed by atoms with Crippen LogP contribution in [0.1, 0.15) is 0 Å². The van der Waals surface area contributed by atoms with Gasteiger partial charge >= 0.3 is 5.97 Å². The Bertz CT molecular complexity index is 333. The van der Waals surface area contributed by atoms with Crippen LogP contribution in [0.5, 0.6) is 0 Å². The highest BCUT2D eigenvalue weighted by Gasteiger charge is 2.24. The lowest BCUT2D eigenvalue weighted by molar-refractivity contribution is -0.134. The maximum absolute atomic E-state index is 10.8. The Labute approximate surface area is 79.7 Å². The number of carbonyl (C=O) groups is 1. The fourth-order valence-corrected chi connectivity index (χ4v) is 1.92. The predicted molar refractivity (Wildman–Crippen MR) is 50.4 cm³/mol. The number of fused-ring (bicyclic) bond motifs is 1. The summed E-state index contributed by atoms with van der Waals surface area (Å²) in [6, 6.07) is 0. The van der Waals surface area contributed by atoms with Gasteiger partial charge in [-0.2, -0.15) is 0 Å². The van der Waals surface area contributed by atoms with Crippen molar-refractivity contribution in [2.24, 2.45) is 0 Å². The Balaban J connectivity index is 2.32. The first-order valence-electron chi connectivity index (χ1n) is 3.79. The maximum Gasteiger partial charge on any atom is 0.354 e. The quantitative estimate of drug-likeness (QED) is 0.610. The van der Waals surface area contributed by atoms with Crippen LogP contribution in [0.25, 0.3) is 0 Å². The molecule has 0 saturated heterocycles. The molecule has 0 bridgehead atoms. The van der Waals surface area contributed by atoms with Gasteiger partial charge in [0.05, 0.1) is 5.03 Å². The van der Waals surface area contributed by atoms with Crippen LogP contribution >= 0.6 is 11.9 Å². The van der Waals surface area contributed by atoms with Crippen LogP contribution in [0.3, 0.4) is 0 Å². The van der Waals surface area contributed by atoms with E-state index in [1.165, 1.54) is 18.1 Å². The second kappa shape index (κ2) is 3.18. The van der Waals surface area contributed by atoms with Crippen molar-refractivity contribution in [2.45, 2.75) is 0 Å². The number of allylic oxidation sites excluding steroid dienone is 2. The molecule has 4 nitrogen and oxygen atoms in total. The molecule has 0 unspecified atom stereocenters. The number of rotatable bonds is 1. The van der Waals surface area contributed by atoms with Crippen LogP contribution in [-0.2, 0) is 4.79 Å². The molecule has 13 heavy (non-hydrogen) atoms. The molecule has 0 fully saturated rings. The molecule has 0 aromatic heterocycles. The molecule has 0 atom stereocenters. The molecule has 0 spiro atoms. The van der Waals surface area contributed by atoms with Crippen molar-refractivity contribution in [2.75, 3.05) is 6.54 Å². The number of aliphatic carboxylic acids is 1. The number of hydrogen-bond donors (Lipinski definition) is 2. The molecule has 0 aliphatic carbocycles. The minimum atomic E-state index is -0.908. The Kier molecular flexibility index (Phi) is 2.02. The van der Waals surface area contributed by atoms with Crippen molar-refractivity contribution in [1.82, 2.24) is 9.62 Å². The first-order chi connectivity index (χ1) is 6.29. The molecule has 2 rings (SSSR count). The van der Waals surface area contributed by atoms with Gasteiger partial charge in [-0.25, -0.2) is 4.79 Å². The van der Waals surface area contributed by atoms with Gasteiger partial charge in [0.1, 0.15) is 5.70 Å². The van der Waals surface area contributed by atoms with Crippen LogP contribution in [0.2, 0.25) is 0 Å². The van der Waals surface area contributed by atoms with E-state index in [9.17, 15) is 4.79 Å². The lowest BCUT2D eigenvalue weighted by atomic mass is 10.3. The molecule has 2 heterocycles. The fraction of sp³-hybridized carbons (Fsp3) is 0.125. The van der Waals surface area contributed by atoms with E-state index >= 15 is 0 Å². The van der Waals surface area contributed by atoms with Crippen molar-refractivity contribution >= 4 is 17.9 Å². The highest BCUT2D eigenvalue weighted by Crippen LogP contribution is 2.28. The Morgan fingerprint density at radius 1 is 1.69 bits per heavy atom. The molecule has 68 valence electrons. The lowest BCUT2D eigenvalue weighted by Crippen LogP contribution is -2.32. The normalized spacial score (nSPS) is 19.8. The molecule has 0 radical (unpaired) electrons. The summed E-state index contributed by atoms with van der Waals surface area (Å²) >= 11 is 1.41. The minimum absolute atomic E-state index is 0.286. The zero-order valence-electron chi connectivity index (χ0n) is 6.73. The molecular weight excluding hydrogens is 188 g/mol. The first kappa shape index (κ1) is 8.25. The summed E-state index contributed by atoms with van der Waals surface area (Å²) in [6.45, 7) is 0.624. The summed E-state index contributed by atoms with van der Waals surface area (Å²) in [5, 5.41) is 9.79. The fourth-order valence-electron chi connectivity index (χ4n) is 1.20. The number of hydrogen-bond acceptors (Lipinski definition) is 4. The zero-order chi connectivity index (χ0) is 9.26. The van der Waals surface area contributed by atoms with E-state index in [4.69, 9.17) is 5.11 Å². The van der Waals surface area contributed by atoms with Crippen molar-refractivity contribution in [3.63, 3.8) is 0 Å². The lowest BCUT2D eigenvalue weighted by Gasteiger charge is -2.30. The summed E-state index contributed by atoms with van der Waals surface area (Å²) in [5.41, 5.74) is 0.286. The second-order valence-corrected chi connectivity index (χ2v) is 3.46. The summed E-state index contributed by atoms with van der Waals surface area (Å²) in [7, 11) is 0. The topological polar surface area (TPSA) is 52.6 Å². The van der Waals surface area contributed by atoms with Gasteiger partial charge in [0.2, 0.25) is 0 Å². The molecule has 0 amide bonds.